The number of ether oxygens (including phenoxy) is 1. The summed E-state index contributed by atoms with van der Waals surface area (Å²) in [5.74, 6) is -9.63. The number of benzene rings is 1. The zero-order valence-corrected chi connectivity index (χ0v) is 7.25. The summed E-state index contributed by atoms with van der Waals surface area (Å²) in [6, 6.07) is 0. The lowest BCUT2D eigenvalue weighted by Crippen LogP contribution is -2.31. The van der Waals surface area contributed by atoms with Crippen molar-refractivity contribution in [3.63, 3.8) is 0 Å². The maximum Gasteiger partial charge on any atom is 0.578 e. The molecule has 0 N–H and O–H groups in total. The van der Waals surface area contributed by atoms with Crippen LogP contribution >= 0.6 is 0 Å². The van der Waals surface area contributed by atoms with Gasteiger partial charge in [-0.1, -0.05) is 0 Å². The SMILES string of the molecule is COc1c(F)c(F)c(B(F)F)c(F)c1F. The van der Waals surface area contributed by atoms with E-state index in [-0.39, 0.29) is 0 Å². The van der Waals surface area contributed by atoms with Crippen molar-refractivity contribution in [1.82, 2.24) is 0 Å². The summed E-state index contributed by atoms with van der Waals surface area (Å²) in [6.07, 6.45) is 0. The zero-order valence-electron chi connectivity index (χ0n) is 7.25. The number of hydrogen-bond donors (Lipinski definition) is 0. The van der Waals surface area contributed by atoms with Crippen LogP contribution in [0.25, 0.3) is 0 Å². The standard InChI is InChI=1S/C7H3BF6O/c1-15-7-5(11)3(9)2(8(13)14)4(10)6(7)12/h1H3. The molecule has 0 radical (unpaired) electrons. The molecule has 0 saturated heterocycles. The number of methoxy groups -OCH3 is 1. The largest absolute Gasteiger partial charge is 0.578 e. The molecule has 0 amide bonds. The van der Waals surface area contributed by atoms with Crippen molar-refractivity contribution in [3.05, 3.63) is 23.3 Å². The minimum Gasteiger partial charge on any atom is -0.491 e. The van der Waals surface area contributed by atoms with Gasteiger partial charge in [-0.2, -0.15) is 8.78 Å². The van der Waals surface area contributed by atoms with Crippen LogP contribution in [0, 0.1) is 23.3 Å². The molecular weight excluding hydrogens is 225 g/mol. The van der Waals surface area contributed by atoms with Crippen molar-refractivity contribution < 1.29 is 30.9 Å². The second kappa shape index (κ2) is 4.04. The van der Waals surface area contributed by atoms with Crippen LogP contribution in [0.15, 0.2) is 0 Å². The molecule has 1 aromatic rings. The molecule has 0 spiro atoms. The van der Waals surface area contributed by atoms with Crippen molar-refractivity contribution in [2.24, 2.45) is 0 Å². The molecule has 1 rings (SSSR count). The monoisotopic (exact) mass is 228 g/mol. The van der Waals surface area contributed by atoms with Gasteiger partial charge in [0.05, 0.1) is 12.6 Å². The summed E-state index contributed by atoms with van der Waals surface area (Å²) < 4.78 is 79.3. The predicted octanol–water partition coefficient (Wildman–Crippen LogP) is 1.89. The molecular formula is C7H3BF6O. The molecule has 0 fully saturated rings. The van der Waals surface area contributed by atoms with Gasteiger partial charge in [0.2, 0.25) is 11.6 Å². The van der Waals surface area contributed by atoms with Crippen molar-refractivity contribution >= 4 is 12.7 Å². The molecule has 0 aliphatic carbocycles. The van der Waals surface area contributed by atoms with E-state index in [0.717, 1.165) is 7.11 Å². The quantitative estimate of drug-likeness (QED) is 0.426. The molecule has 0 heterocycles. The van der Waals surface area contributed by atoms with E-state index < -0.39 is 41.7 Å². The van der Waals surface area contributed by atoms with Gasteiger partial charge in [0.25, 0.3) is 0 Å². The maximum atomic E-state index is 12.8. The molecule has 1 aromatic carbocycles. The van der Waals surface area contributed by atoms with Crippen LogP contribution in [-0.4, -0.2) is 14.4 Å². The molecule has 0 unspecified atom stereocenters. The lowest BCUT2D eigenvalue weighted by Gasteiger charge is -2.08. The Labute approximate surface area is 80.8 Å². The second-order valence-corrected chi connectivity index (χ2v) is 2.50. The van der Waals surface area contributed by atoms with Gasteiger partial charge in [0.1, 0.15) is 0 Å². The molecule has 0 aliphatic rings. The van der Waals surface area contributed by atoms with Gasteiger partial charge in [0.15, 0.2) is 17.4 Å². The zero-order chi connectivity index (χ0) is 11.7. The summed E-state index contributed by atoms with van der Waals surface area (Å²) in [7, 11) is -2.90. The fourth-order valence-corrected chi connectivity index (χ4v) is 0.999. The van der Waals surface area contributed by atoms with Gasteiger partial charge in [-0.05, 0) is 0 Å². The van der Waals surface area contributed by atoms with Gasteiger partial charge < -0.3 is 4.74 Å². The number of halogens is 6. The van der Waals surface area contributed by atoms with Crippen molar-refractivity contribution in [2.45, 2.75) is 0 Å². The van der Waals surface area contributed by atoms with E-state index >= 15 is 0 Å². The van der Waals surface area contributed by atoms with E-state index in [1.54, 1.807) is 0 Å². The molecule has 82 valence electrons. The van der Waals surface area contributed by atoms with Crippen LogP contribution < -0.4 is 10.2 Å². The highest BCUT2D eigenvalue weighted by Crippen LogP contribution is 2.25. The molecule has 0 bridgehead atoms. The van der Waals surface area contributed by atoms with E-state index in [1.807, 2.05) is 0 Å². The van der Waals surface area contributed by atoms with Gasteiger partial charge in [-0.15, -0.1) is 0 Å². The Morgan fingerprint density at radius 2 is 1.27 bits per heavy atom. The Morgan fingerprint density at radius 3 is 1.53 bits per heavy atom. The third-order valence-corrected chi connectivity index (χ3v) is 1.68. The fourth-order valence-electron chi connectivity index (χ4n) is 0.999. The van der Waals surface area contributed by atoms with Crippen LogP contribution in [0.2, 0.25) is 0 Å². The highest BCUT2D eigenvalue weighted by Gasteiger charge is 2.34. The van der Waals surface area contributed by atoms with Crippen LogP contribution in [0.1, 0.15) is 0 Å². The molecule has 8 heteroatoms. The third kappa shape index (κ3) is 1.75. The Balaban J connectivity index is 3.59. The summed E-state index contributed by atoms with van der Waals surface area (Å²) in [5.41, 5.74) is -1.94. The molecule has 0 aliphatic heterocycles. The maximum absolute atomic E-state index is 12.8. The fraction of sp³-hybridized carbons (Fsp3) is 0.143. The van der Waals surface area contributed by atoms with Gasteiger partial charge in [0, 0.05) is 0 Å². The highest BCUT2D eigenvalue weighted by molar-refractivity contribution is 6.60. The van der Waals surface area contributed by atoms with Crippen LogP contribution in [0.4, 0.5) is 26.2 Å². The third-order valence-electron chi connectivity index (χ3n) is 1.68. The van der Waals surface area contributed by atoms with Crippen molar-refractivity contribution in [2.75, 3.05) is 7.11 Å². The average molecular weight is 228 g/mol. The minimum atomic E-state index is -3.65. The minimum absolute atomic E-state index is 0.752. The molecule has 0 saturated carbocycles. The van der Waals surface area contributed by atoms with Gasteiger partial charge in [-0.25, -0.2) is 8.78 Å². The lowest BCUT2D eigenvalue weighted by atomic mass is 9.84. The summed E-state index contributed by atoms with van der Waals surface area (Å²) >= 11 is 0. The number of rotatable bonds is 2. The first-order chi connectivity index (χ1) is 6.91. The van der Waals surface area contributed by atoms with Crippen LogP contribution in [0.5, 0.6) is 5.75 Å². The topological polar surface area (TPSA) is 9.23 Å². The van der Waals surface area contributed by atoms with E-state index in [2.05, 4.69) is 4.74 Å². The van der Waals surface area contributed by atoms with Gasteiger partial charge >= 0.3 is 7.27 Å². The van der Waals surface area contributed by atoms with Gasteiger partial charge in [-0.3, -0.25) is 8.63 Å². The first kappa shape index (κ1) is 11.7. The van der Waals surface area contributed by atoms with E-state index in [4.69, 9.17) is 0 Å². The summed E-state index contributed by atoms with van der Waals surface area (Å²) in [5, 5.41) is 0. The highest BCUT2D eigenvalue weighted by atomic mass is 19.2. The van der Waals surface area contributed by atoms with Crippen LogP contribution in [-0.2, 0) is 0 Å². The molecule has 1 nitrogen and oxygen atoms in total. The van der Waals surface area contributed by atoms with E-state index in [0.29, 0.717) is 0 Å². The molecule has 0 atom stereocenters. The van der Waals surface area contributed by atoms with E-state index in [1.165, 1.54) is 0 Å². The van der Waals surface area contributed by atoms with Crippen molar-refractivity contribution in [1.29, 1.82) is 0 Å². The van der Waals surface area contributed by atoms with Crippen LogP contribution in [0.3, 0.4) is 0 Å². The smallest absolute Gasteiger partial charge is 0.491 e. The van der Waals surface area contributed by atoms with E-state index in [9.17, 15) is 26.2 Å². The number of hydrogen-bond acceptors (Lipinski definition) is 1. The Kier molecular flexibility index (Phi) is 3.16. The first-order valence-corrected chi connectivity index (χ1v) is 3.59. The summed E-state index contributed by atoms with van der Waals surface area (Å²) in [6.45, 7) is 0. The van der Waals surface area contributed by atoms with Crippen molar-refractivity contribution in [3.8, 4) is 5.75 Å². The first-order valence-electron chi connectivity index (χ1n) is 3.59. The Morgan fingerprint density at radius 1 is 0.867 bits per heavy atom. The summed E-state index contributed by atoms with van der Waals surface area (Å²) in [4.78, 5) is 0. The Bertz CT molecular complexity index is 365. The second-order valence-electron chi connectivity index (χ2n) is 2.50. The molecule has 0 aromatic heterocycles. The average Bonchev–Trinajstić information content (AvgIpc) is 2.16. The predicted molar refractivity (Wildman–Crippen MR) is 40.4 cm³/mol. The Hall–Kier alpha value is -1.34. The molecule has 15 heavy (non-hydrogen) atoms. The normalized spacial score (nSPS) is 10.3. The lowest BCUT2D eigenvalue weighted by molar-refractivity contribution is 0.334.